The fourth-order valence-corrected chi connectivity index (χ4v) is 2.50. The zero-order chi connectivity index (χ0) is 19.1. The largest absolute Gasteiger partial charge is 0.457 e. The maximum Gasteiger partial charge on any atom is 0.255 e. The summed E-state index contributed by atoms with van der Waals surface area (Å²) in [6.07, 6.45) is 0. The number of rotatable bonds is 6. The van der Waals surface area contributed by atoms with Crippen LogP contribution in [-0.2, 0) is 0 Å². The summed E-state index contributed by atoms with van der Waals surface area (Å²) in [5.74, 6) is 0.957. The second-order valence-corrected chi connectivity index (χ2v) is 5.83. The van der Waals surface area contributed by atoms with Gasteiger partial charge < -0.3 is 15.4 Å². The fraction of sp³-hybridized carbons (Fsp3) is 0.0909. The number of benzene rings is 3. The number of hydrogen-bond acceptors (Lipinski definition) is 3. The van der Waals surface area contributed by atoms with Crippen molar-refractivity contribution in [2.45, 2.75) is 6.92 Å². The van der Waals surface area contributed by atoms with E-state index in [0.29, 0.717) is 29.1 Å². The van der Waals surface area contributed by atoms with Crippen molar-refractivity contribution >= 4 is 17.5 Å². The maximum absolute atomic E-state index is 12.4. The molecule has 0 aliphatic heterocycles. The molecular weight excluding hydrogens is 340 g/mol. The summed E-state index contributed by atoms with van der Waals surface area (Å²) < 4.78 is 5.72. The quantitative estimate of drug-likeness (QED) is 0.681. The number of anilines is 1. The van der Waals surface area contributed by atoms with E-state index in [1.165, 1.54) is 0 Å². The van der Waals surface area contributed by atoms with Gasteiger partial charge in [0.25, 0.3) is 11.8 Å². The molecule has 0 heterocycles. The third-order valence-corrected chi connectivity index (χ3v) is 3.82. The average Bonchev–Trinajstić information content (AvgIpc) is 2.70. The van der Waals surface area contributed by atoms with E-state index in [0.717, 1.165) is 5.75 Å². The summed E-state index contributed by atoms with van der Waals surface area (Å²) in [6, 6.07) is 23.1. The molecule has 2 amide bonds. The van der Waals surface area contributed by atoms with Crippen LogP contribution in [0, 0.1) is 0 Å². The van der Waals surface area contributed by atoms with E-state index in [9.17, 15) is 9.59 Å². The maximum atomic E-state index is 12.4. The van der Waals surface area contributed by atoms with Crippen LogP contribution in [0.2, 0.25) is 0 Å². The molecule has 0 aromatic heterocycles. The molecule has 0 unspecified atom stereocenters. The molecule has 0 saturated carbocycles. The standard InChI is InChI=1S/C22H20N2O3/c1-2-23-21(25)17-7-6-8-18(15-17)24-22(26)16-11-13-20(14-12-16)27-19-9-4-3-5-10-19/h3-15H,2H2,1H3,(H,23,25)(H,24,26). The highest BCUT2D eigenvalue weighted by atomic mass is 16.5. The van der Waals surface area contributed by atoms with E-state index in [1.54, 1.807) is 48.5 Å². The Morgan fingerprint density at radius 2 is 1.48 bits per heavy atom. The lowest BCUT2D eigenvalue weighted by molar-refractivity contribution is 0.0954. The second kappa shape index (κ2) is 8.67. The smallest absolute Gasteiger partial charge is 0.255 e. The Kier molecular flexibility index (Phi) is 5.84. The van der Waals surface area contributed by atoms with Gasteiger partial charge in [0.2, 0.25) is 0 Å². The number of carbonyl (C=O) groups excluding carboxylic acids is 2. The molecule has 5 heteroatoms. The van der Waals surface area contributed by atoms with Gasteiger partial charge in [0.15, 0.2) is 0 Å². The van der Waals surface area contributed by atoms with Crippen molar-refractivity contribution in [1.29, 1.82) is 0 Å². The predicted molar refractivity (Wildman–Crippen MR) is 105 cm³/mol. The van der Waals surface area contributed by atoms with E-state index in [2.05, 4.69) is 10.6 Å². The van der Waals surface area contributed by atoms with E-state index in [4.69, 9.17) is 4.74 Å². The van der Waals surface area contributed by atoms with Gasteiger partial charge in [-0.15, -0.1) is 0 Å². The number of carbonyl (C=O) groups is 2. The van der Waals surface area contributed by atoms with Gasteiger partial charge >= 0.3 is 0 Å². The molecule has 0 aliphatic rings. The van der Waals surface area contributed by atoms with Crippen molar-refractivity contribution < 1.29 is 14.3 Å². The third-order valence-electron chi connectivity index (χ3n) is 3.82. The van der Waals surface area contributed by atoms with Gasteiger partial charge in [0.05, 0.1) is 0 Å². The van der Waals surface area contributed by atoms with E-state index in [1.807, 2.05) is 37.3 Å². The minimum absolute atomic E-state index is 0.170. The zero-order valence-corrected chi connectivity index (χ0v) is 14.9. The fourth-order valence-electron chi connectivity index (χ4n) is 2.50. The monoisotopic (exact) mass is 360 g/mol. The Balaban J connectivity index is 1.66. The van der Waals surface area contributed by atoms with Gasteiger partial charge in [-0.1, -0.05) is 24.3 Å². The van der Waals surface area contributed by atoms with Gasteiger partial charge in [-0.2, -0.15) is 0 Å². The molecule has 0 atom stereocenters. The Morgan fingerprint density at radius 3 is 2.19 bits per heavy atom. The molecule has 136 valence electrons. The van der Waals surface area contributed by atoms with Gasteiger partial charge in [-0.3, -0.25) is 9.59 Å². The van der Waals surface area contributed by atoms with Crippen molar-refractivity contribution in [3.63, 3.8) is 0 Å². The van der Waals surface area contributed by atoms with Crippen molar-refractivity contribution in [2.75, 3.05) is 11.9 Å². The van der Waals surface area contributed by atoms with Gasteiger partial charge in [-0.25, -0.2) is 0 Å². The summed E-state index contributed by atoms with van der Waals surface area (Å²) in [6.45, 7) is 2.40. The molecule has 3 aromatic carbocycles. The van der Waals surface area contributed by atoms with Gasteiger partial charge in [-0.05, 0) is 61.5 Å². The minimum atomic E-state index is -0.255. The number of nitrogens with one attached hydrogen (secondary N) is 2. The molecule has 0 bridgehead atoms. The molecule has 2 N–H and O–H groups in total. The molecule has 0 radical (unpaired) electrons. The molecule has 3 aromatic rings. The van der Waals surface area contributed by atoms with Crippen LogP contribution in [-0.4, -0.2) is 18.4 Å². The summed E-state index contributed by atoms with van der Waals surface area (Å²) in [5, 5.41) is 5.54. The normalized spacial score (nSPS) is 10.1. The summed E-state index contributed by atoms with van der Waals surface area (Å²) >= 11 is 0. The molecule has 0 fully saturated rings. The number of amides is 2. The highest BCUT2D eigenvalue weighted by Gasteiger charge is 2.09. The Hall–Kier alpha value is -3.60. The number of hydrogen-bond donors (Lipinski definition) is 2. The molecule has 27 heavy (non-hydrogen) atoms. The molecule has 5 nitrogen and oxygen atoms in total. The SMILES string of the molecule is CCNC(=O)c1cccc(NC(=O)c2ccc(Oc3ccccc3)cc2)c1. The predicted octanol–water partition coefficient (Wildman–Crippen LogP) is 4.48. The molecule has 3 rings (SSSR count). The molecule has 0 aliphatic carbocycles. The third kappa shape index (κ3) is 4.95. The van der Waals surface area contributed by atoms with E-state index in [-0.39, 0.29) is 11.8 Å². The van der Waals surface area contributed by atoms with Crippen LogP contribution < -0.4 is 15.4 Å². The highest BCUT2D eigenvalue weighted by molar-refractivity contribution is 6.05. The summed E-state index contributed by atoms with van der Waals surface area (Å²) in [5.41, 5.74) is 1.56. The van der Waals surface area contributed by atoms with Gasteiger partial charge in [0, 0.05) is 23.4 Å². The van der Waals surface area contributed by atoms with Gasteiger partial charge in [0.1, 0.15) is 11.5 Å². The summed E-state index contributed by atoms with van der Waals surface area (Å²) in [7, 11) is 0. The molecule has 0 spiro atoms. The molecular formula is C22H20N2O3. The molecule has 0 saturated heterocycles. The Morgan fingerprint density at radius 1 is 0.778 bits per heavy atom. The van der Waals surface area contributed by atoms with Crippen LogP contribution in [0.15, 0.2) is 78.9 Å². The first kappa shape index (κ1) is 18.2. The van der Waals surface area contributed by atoms with Crippen LogP contribution in [0.1, 0.15) is 27.6 Å². The first-order chi connectivity index (χ1) is 13.2. The number of para-hydroxylation sites is 1. The summed E-state index contributed by atoms with van der Waals surface area (Å²) in [4.78, 5) is 24.3. The van der Waals surface area contributed by atoms with Crippen molar-refractivity contribution in [2.24, 2.45) is 0 Å². The second-order valence-electron chi connectivity index (χ2n) is 5.83. The first-order valence-corrected chi connectivity index (χ1v) is 8.68. The van der Waals surface area contributed by atoms with E-state index < -0.39 is 0 Å². The lowest BCUT2D eigenvalue weighted by Crippen LogP contribution is -2.22. The van der Waals surface area contributed by atoms with Crippen molar-refractivity contribution in [3.8, 4) is 11.5 Å². The van der Waals surface area contributed by atoms with Crippen LogP contribution >= 0.6 is 0 Å². The first-order valence-electron chi connectivity index (χ1n) is 8.68. The van der Waals surface area contributed by atoms with Crippen LogP contribution in [0.25, 0.3) is 0 Å². The highest BCUT2D eigenvalue weighted by Crippen LogP contribution is 2.21. The number of ether oxygens (including phenoxy) is 1. The van der Waals surface area contributed by atoms with Crippen LogP contribution in [0.4, 0.5) is 5.69 Å². The Labute approximate surface area is 158 Å². The lowest BCUT2D eigenvalue weighted by atomic mass is 10.1. The lowest BCUT2D eigenvalue weighted by Gasteiger charge is -2.09. The van der Waals surface area contributed by atoms with Crippen LogP contribution in [0.5, 0.6) is 11.5 Å². The minimum Gasteiger partial charge on any atom is -0.457 e. The topological polar surface area (TPSA) is 67.4 Å². The van der Waals surface area contributed by atoms with Crippen LogP contribution in [0.3, 0.4) is 0 Å². The van der Waals surface area contributed by atoms with Crippen molar-refractivity contribution in [1.82, 2.24) is 5.32 Å². The van der Waals surface area contributed by atoms with Crippen molar-refractivity contribution in [3.05, 3.63) is 90.0 Å². The Bertz CT molecular complexity index is 922. The average molecular weight is 360 g/mol. The van der Waals surface area contributed by atoms with E-state index >= 15 is 0 Å². The zero-order valence-electron chi connectivity index (χ0n) is 14.9.